The maximum absolute atomic E-state index is 12.1. The van der Waals surface area contributed by atoms with Gasteiger partial charge in [0.25, 0.3) is 0 Å². The largest absolute Gasteiger partial charge is 0.489 e. The van der Waals surface area contributed by atoms with Crippen LogP contribution < -0.4 is 4.74 Å². The molecular weight excluding hydrogens is 340 g/mol. The molecule has 0 fully saturated rings. The van der Waals surface area contributed by atoms with E-state index in [0.717, 1.165) is 16.9 Å². The molecule has 0 spiro atoms. The number of esters is 1. The molecule has 0 saturated heterocycles. The Morgan fingerprint density at radius 3 is 2.52 bits per heavy atom. The van der Waals surface area contributed by atoms with Gasteiger partial charge in [-0.1, -0.05) is 30.3 Å². The van der Waals surface area contributed by atoms with Crippen LogP contribution in [-0.4, -0.2) is 17.6 Å². The minimum Gasteiger partial charge on any atom is -0.489 e. The normalized spacial score (nSPS) is 10.1. The van der Waals surface area contributed by atoms with Crippen LogP contribution in [0.1, 0.15) is 28.4 Å². The molecule has 0 aliphatic rings. The van der Waals surface area contributed by atoms with Crippen LogP contribution in [0.25, 0.3) is 11.3 Å². The van der Waals surface area contributed by atoms with Crippen molar-refractivity contribution < 1.29 is 14.3 Å². The van der Waals surface area contributed by atoms with E-state index in [2.05, 4.69) is 4.98 Å². The van der Waals surface area contributed by atoms with Crippen molar-refractivity contribution in [2.75, 3.05) is 6.61 Å². The number of aromatic nitrogens is 1. The highest BCUT2D eigenvalue weighted by Crippen LogP contribution is 2.23. The first kappa shape index (κ1) is 18.2. The molecule has 3 aromatic rings. The van der Waals surface area contributed by atoms with E-state index in [1.54, 1.807) is 13.0 Å². The lowest BCUT2D eigenvalue weighted by Gasteiger charge is -2.09. The number of benzene rings is 2. The molecule has 27 heavy (non-hydrogen) atoms. The Morgan fingerprint density at radius 1 is 1.11 bits per heavy atom. The second-order valence-electron chi connectivity index (χ2n) is 5.75. The fourth-order valence-electron chi connectivity index (χ4n) is 2.54. The topological polar surface area (TPSA) is 72.2 Å². The molecule has 3 rings (SSSR count). The summed E-state index contributed by atoms with van der Waals surface area (Å²) in [7, 11) is 0. The Bertz CT molecular complexity index is 961. The fourth-order valence-corrected chi connectivity index (χ4v) is 2.54. The Morgan fingerprint density at radius 2 is 1.85 bits per heavy atom. The molecule has 5 heteroatoms. The summed E-state index contributed by atoms with van der Waals surface area (Å²) in [5.41, 5.74) is 2.91. The molecule has 134 valence electrons. The number of hydrogen-bond acceptors (Lipinski definition) is 5. The zero-order chi connectivity index (χ0) is 19.1. The third-order valence-corrected chi connectivity index (χ3v) is 3.92. The number of nitriles is 1. The molecule has 0 bridgehead atoms. The minimum atomic E-state index is -0.527. The van der Waals surface area contributed by atoms with Crippen molar-refractivity contribution in [3.8, 4) is 23.1 Å². The predicted molar refractivity (Wildman–Crippen MR) is 101 cm³/mol. The first-order chi connectivity index (χ1) is 13.2. The quantitative estimate of drug-likeness (QED) is 0.612. The molecule has 0 amide bonds. The van der Waals surface area contributed by atoms with Gasteiger partial charge in [0.1, 0.15) is 18.4 Å². The molecule has 1 heterocycles. The smallest absolute Gasteiger partial charge is 0.339 e. The third-order valence-electron chi connectivity index (χ3n) is 3.92. The summed E-state index contributed by atoms with van der Waals surface area (Å²) in [4.78, 5) is 16.3. The Kier molecular flexibility index (Phi) is 5.80. The summed E-state index contributed by atoms with van der Waals surface area (Å²) in [6, 6.07) is 20.9. The summed E-state index contributed by atoms with van der Waals surface area (Å²) in [5, 5.41) is 9.17. The van der Waals surface area contributed by atoms with E-state index in [4.69, 9.17) is 9.47 Å². The van der Waals surface area contributed by atoms with Crippen LogP contribution in [0.4, 0.5) is 0 Å². The van der Waals surface area contributed by atoms with Crippen molar-refractivity contribution in [3.05, 3.63) is 83.6 Å². The van der Waals surface area contributed by atoms with Crippen LogP contribution in [0.15, 0.2) is 66.9 Å². The van der Waals surface area contributed by atoms with Crippen LogP contribution in [-0.2, 0) is 11.3 Å². The van der Waals surface area contributed by atoms with Gasteiger partial charge < -0.3 is 9.47 Å². The molecule has 0 aliphatic carbocycles. The van der Waals surface area contributed by atoms with Gasteiger partial charge in [0.15, 0.2) is 0 Å². The van der Waals surface area contributed by atoms with Crippen LogP contribution in [0.3, 0.4) is 0 Å². The lowest BCUT2D eigenvalue weighted by molar-refractivity contribution is 0.0526. The molecule has 0 radical (unpaired) electrons. The van der Waals surface area contributed by atoms with Crippen LogP contribution in [0, 0.1) is 11.3 Å². The van der Waals surface area contributed by atoms with Crippen molar-refractivity contribution in [2.24, 2.45) is 0 Å². The number of carbonyl (C=O) groups is 1. The van der Waals surface area contributed by atoms with E-state index in [0.29, 0.717) is 12.3 Å². The molecule has 0 unspecified atom stereocenters. The predicted octanol–water partition coefficient (Wildman–Crippen LogP) is 4.38. The molecule has 0 N–H and O–H groups in total. The van der Waals surface area contributed by atoms with Gasteiger partial charge in [0, 0.05) is 11.8 Å². The van der Waals surface area contributed by atoms with Crippen LogP contribution in [0.2, 0.25) is 0 Å². The van der Waals surface area contributed by atoms with Gasteiger partial charge in [-0.25, -0.2) is 4.79 Å². The van der Waals surface area contributed by atoms with Crippen molar-refractivity contribution in [1.29, 1.82) is 5.26 Å². The van der Waals surface area contributed by atoms with E-state index in [-0.39, 0.29) is 17.7 Å². The average molecular weight is 358 g/mol. The molecule has 0 saturated carbocycles. The second kappa shape index (κ2) is 8.63. The first-order valence-corrected chi connectivity index (χ1v) is 8.55. The zero-order valence-electron chi connectivity index (χ0n) is 14.9. The Hall–Kier alpha value is -3.65. The second-order valence-corrected chi connectivity index (χ2v) is 5.75. The summed E-state index contributed by atoms with van der Waals surface area (Å²) in [5.74, 6) is 0.211. The molecule has 0 atom stereocenters. The average Bonchev–Trinajstić information content (AvgIpc) is 2.73. The minimum absolute atomic E-state index is 0.194. The monoisotopic (exact) mass is 358 g/mol. The van der Waals surface area contributed by atoms with Gasteiger partial charge in [-0.2, -0.15) is 5.26 Å². The highest BCUT2D eigenvalue weighted by atomic mass is 16.5. The zero-order valence-corrected chi connectivity index (χ0v) is 14.9. The number of hydrogen-bond donors (Lipinski definition) is 0. The lowest BCUT2D eigenvalue weighted by atomic mass is 10.1. The Balaban J connectivity index is 1.77. The van der Waals surface area contributed by atoms with Crippen LogP contribution >= 0.6 is 0 Å². The highest BCUT2D eigenvalue weighted by Gasteiger charge is 2.15. The fraction of sp³-hybridized carbons (Fsp3) is 0.136. The van der Waals surface area contributed by atoms with E-state index in [9.17, 15) is 10.1 Å². The van der Waals surface area contributed by atoms with Crippen LogP contribution in [0.5, 0.6) is 5.75 Å². The van der Waals surface area contributed by atoms with Gasteiger partial charge in [-0.15, -0.1) is 0 Å². The number of carbonyl (C=O) groups excluding carboxylic acids is 1. The maximum Gasteiger partial charge on any atom is 0.339 e. The number of nitrogens with zero attached hydrogens (tertiary/aromatic N) is 2. The van der Waals surface area contributed by atoms with Crippen molar-refractivity contribution in [3.63, 3.8) is 0 Å². The van der Waals surface area contributed by atoms with Crippen molar-refractivity contribution in [2.45, 2.75) is 13.5 Å². The van der Waals surface area contributed by atoms with Gasteiger partial charge in [0.05, 0.1) is 23.4 Å². The number of pyridine rings is 1. The van der Waals surface area contributed by atoms with E-state index >= 15 is 0 Å². The summed E-state index contributed by atoms with van der Waals surface area (Å²) >= 11 is 0. The van der Waals surface area contributed by atoms with E-state index in [1.807, 2.05) is 60.7 Å². The SMILES string of the molecule is CCOC(=O)c1cc(-c2ccc(OCc3ccccc3)cc2)ncc1C#N. The molecule has 0 aliphatic heterocycles. The van der Waals surface area contributed by atoms with Gasteiger partial charge in [-0.3, -0.25) is 4.98 Å². The summed E-state index contributed by atoms with van der Waals surface area (Å²) < 4.78 is 10.8. The van der Waals surface area contributed by atoms with Crippen molar-refractivity contribution >= 4 is 5.97 Å². The van der Waals surface area contributed by atoms with Gasteiger partial charge in [0.2, 0.25) is 0 Å². The molecular formula is C22H18N2O3. The summed E-state index contributed by atoms with van der Waals surface area (Å²) in [6.07, 6.45) is 1.39. The number of ether oxygens (including phenoxy) is 2. The number of rotatable bonds is 6. The standard InChI is InChI=1S/C22H18N2O3/c1-2-26-22(25)20-12-21(24-14-18(20)13-23)17-8-10-19(11-9-17)27-15-16-6-4-3-5-7-16/h3-12,14H,2,15H2,1H3. The first-order valence-electron chi connectivity index (χ1n) is 8.55. The van der Waals surface area contributed by atoms with E-state index in [1.165, 1.54) is 6.20 Å². The van der Waals surface area contributed by atoms with E-state index < -0.39 is 5.97 Å². The van der Waals surface area contributed by atoms with Crippen molar-refractivity contribution in [1.82, 2.24) is 4.98 Å². The molecule has 1 aromatic heterocycles. The maximum atomic E-state index is 12.1. The van der Waals surface area contributed by atoms with Gasteiger partial charge >= 0.3 is 5.97 Å². The molecule has 5 nitrogen and oxygen atoms in total. The summed E-state index contributed by atoms with van der Waals surface area (Å²) in [6.45, 7) is 2.46. The Labute approximate surface area is 157 Å². The van der Waals surface area contributed by atoms with Gasteiger partial charge in [-0.05, 0) is 42.8 Å². The lowest BCUT2D eigenvalue weighted by Crippen LogP contribution is -2.08. The molecule has 2 aromatic carbocycles. The highest BCUT2D eigenvalue weighted by molar-refractivity contribution is 5.93. The third kappa shape index (κ3) is 4.50.